The first-order chi connectivity index (χ1) is 8.94. The van der Waals surface area contributed by atoms with Gasteiger partial charge >= 0.3 is 0 Å². The molecule has 3 heteroatoms. The van der Waals surface area contributed by atoms with Gasteiger partial charge < -0.3 is 4.90 Å². The van der Waals surface area contributed by atoms with Crippen LogP contribution in [0.15, 0.2) is 12.1 Å². The molecule has 1 aromatic heterocycles. The zero-order valence-electron chi connectivity index (χ0n) is 12.5. The highest BCUT2D eigenvalue weighted by Gasteiger charge is 2.24. The summed E-state index contributed by atoms with van der Waals surface area (Å²) in [7, 11) is 0. The van der Waals surface area contributed by atoms with Gasteiger partial charge in [0.2, 0.25) is 0 Å². The molecule has 1 fully saturated rings. The smallest absolute Gasteiger partial charge is 0.129 e. The first-order valence-electron chi connectivity index (χ1n) is 7.26. The number of aromatic nitrogens is 1. The fourth-order valence-electron chi connectivity index (χ4n) is 2.57. The molecule has 1 atom stereocenters. The number of hydrogen-bond donors (Lipinski definition) is 0. The van der Waals surface area contributed by atoms with E-state index in [2.05, 4.69) is 44.7 Å². The maximum atomic E-state index is 6.04. The Kier molecular flexibility index (Phi) is 4.39. The van der Waals surface area contributed by atoms with Crippen LogP contribution in [0.5, 0.6) is 0 Å². The molecule has 2 rings (SSSR count). The third-order valence-corrected chi connectivity index (χ3v) is 4.29. The molecule has 1 unspecified atom stereocenters. The van der Waals surface area contributed by atoms with Gasteiger partial charge in [-0.2, -0.15) is 0 Å². The molecule has 19 heavy (non-hydrogen) atoms. The Bertz CT molecular complexity index is 437. The average molecular weight is 281 g/mol. The zero-order valence-corrected chi connectivity index (χ0v) is 13.3. The van der Waals surface area contributed by atoms with E-state index in [1.165, 1.54) is 18.4 Å². The van der Waals surface area contributed by atoms with E-state index in [4.69, 9.17) is 16.6 Å². The number of rotatable bonds is 3. The topological polar surface area (TPSA) is 16.1 Å². The van der Waals surface area contributed by atoms with E-state index < -0.39 is 0 Å². The molecule has 0 bridgehead atoms. The van der Waals surface area contributed by atoms with E-state index in [1.54, 1.807) is 0 Å². The summed E-state index contributed by atoms with van der Waals surface area (Å²) in [6.45, 7) is 11.2. The standard InChI is InChI=1S/C16H25ClN2/c1-5-12-6-7-19(11-12)15-9-13(10-17)8-14(18-15)16(2,3)4/h8-9,12H,5-7,10-11H2,1-4H3. The Hall–Kier alpha value is -0.760. The predicted octanol–water partition coefficient (Wildman–Crippen LogP) is 4.35. The van der Waals surface area contributed by atoms with Gasteiger partial charge in [-0.15, -0.1) is 11.6 Å². The second-order valence-electron chi connectivity index (χ2n) is 6.61. The van der Waals surface area contributed by atoms with E-state index in [9.17, 15) is 0 Å². The minimum atomic E-state index is 0.0701. The van der Waals surface area contributed by atoms with Crippen LogP contribution < -0.4 is 4.90 Å². The lowest BCUT2D eigenvalue weighted by molar-refractivity contribution is 0.562. The van der Waals surface area contributed by atoms with Gasteiger partial charge in [-0.05, 0) is 30.0 Å². The monoisotopic (exact) mass is 280 g/mol. The van der Waals surface area contributed by atoms with Crippen molar-refractivity contribution in [2.45, 2.75) is 51.8 Å². The molecular weight excluding hydrogens is 256 g/mol. The summed E-state index contributed by atoms with van der Waals surface area (Å²) in [5, 5.41) is 0. The van der Waals surface area contributed by atoms with Crippen molar-refractivity contribution in [2.24, 2.45) is 5.92 Å². The lowest BCUT2D eigenvalue weighted by atomic mass is 9.91. The van der Waals surface area contributed by atoms with Crippen LogP contribution in [0.1, 0.15) is 51.8 Å². The third kappa shape index (κ3) is 3.42. The summed E-state index contributed by atoms with van der Waals surface area (Å²) in [6.07, 6.45) is 2.55. The van der Waals surface area contributed by atoms with Crippen molar-refractivity contribution in [3.05, 3.63) is 23.4 Å². The number of halogens is 1. The van der Waals surface area contributed by atoms with E-state index in [1.807, 2.05) is 0 Å². The van der Waals surface area contributed by atoms with Gasteiger partial charge in [0.05, 0.1) is 0 Å². The fraction of sp³-hybridized carbons (Fsp3) is 0.688. The minimum Gasteiger partial charge on any atom is -0.356 e. The average Bonchev–Trinajstić information content (AvgIpc) is 2.86. The van der Waals surface area contributed by atoms with Crippen LogP contribution in [0, 0.1) is 5.92 Å². The molecule has 0 N–H and O–H groups in total. The van der Waals surface area contributed by atoms with E-state index in [0.29, 0.717) is 5.88 Å². The molecule has 0 aliphatic carbocycles. The van der Waals surface area contributed by atoms with Crippen LogP contribution in [0.4, 0.5) is 5.82 Å². The molecule has 0 aromatic carbocycles. The van der Waals surface area contributed by atoms with E-state index in [-0.39, 0.29) is 5.41 Å². The SMILES string of the molecule is CCC1CCN(c2cc(CCl)cc(C(C)(C)C)n2)C1. The Labute approximate surface area is 122 Å². The molecule has 1 saturated heterocycles. The van der Waals surface area contributed by atoms with Gasteiger partial charge in [-0.25, -0.2) is 4.98 Å². The maximum absolute atomic E-state index is 6.04. The number of anilines is 1. The van der Waals surface area contributed by atoms with Gasteiger partial charge in [0.15, 0.2) is 0 Å². The molecular formula is C16H25ClN2. The van der Waals surface area contributed by atoms with Crippen molar-refractivity contribution in [3.63, 3.8) is 0 Å². The van der Waals surface area contributed by atoms with Crippen LogP contribution in [0.2, 0.25) is 0 Å². The molecule has 2 nitrogen and oxygen atoms in total. The van der Waals surface area contributed by atoms with Crippen LogP contribution in [0.3, 0.4) is 0 Å². The van der Waals surface area contributed by atoms with Gasteiger partial charge in [-0.1, -0.05) is 34.1 Å². The second kappa shape index (κ2) is 5.70. The van der Waals surface area contributed by atoms with Gasteiger partial charge in [-0.3, -0.25) is 0 Å². The highest BCUT2D eigenvalue weighted by Crippen LogP contribution is 2.29. The molecule has 1 aliphatic rings. The molecule has 0 saturated carbocycles. The van der Waals surface area contributed by atoms with Crippen molar-refractivity contribution < 1.29 is 0 Å². The number of pyridine rings is 1. The quantitative estimate of drug-likeness (QED) is 0.765. The Balaban J connectivity index is 2.30. The molecule has 0 radical (unpaired) electrons. The molecule has 106 valence electrons. The van der Waals surface area contributed by atoms with Gasteiger partial charge in [0.1, 0.15) is 5.82 Å². The summed E-state index contributed by atoms with van der Waals surface area (Å²) in [5.74, 6) is 2.49. The molecule has 2 heterocycles. The summed E-state index contributed by atoms with van der Waals surface area (Å²) in [5.41, 5.74) is 2.39. The van der Waals surface area contributed by atoms with Crippen molar-refractivity contribution in [3.8, 4) is 0 Å². The van der Waals surface area contributed by atoms with Crippen LogP contribution >= 0.6 is 11.6 Å². The number of hydrogen-bond acceptors (Lipinski definition) is 2. The van der Waals surface area contributed by atoms with Crippen molar-refractivity contribution >= 4 is 17.4 Å². The lowest BCUT2D eigenvalue weighted by Gasteiger charge is -2.24. The Morgan fingerprint density at radius 1 is 1.37 bits per heavy atom. The van der Waals surface area contributed by atoms with Crippen molar-refractivity contribution in [1.82, 2.24) is 4.98 Å². The zero-order chi connectivity index (χ0) is 14.0. The first kappa shape index (κ1) is 14.6. The molecule has 1 aliphatic heterocycles. The summed E-state index contributed by atoms with van der Waals surface area (Å²) in [4.78, 5) is 7.29. The summed E-state index contributed by atoms with van der Waals surface area (Å²) in [6, 6.07) is 4.30. The highest BCUT2D eigenvalue weighted by atomic mass is 35.5. The summed E-state index contributed by atoms with van der Waals surface area (Å²) < 4.78 is 0. The van der Waals surface area contributed by atoms with Crippen LogP contribution in [0.25, 0.3) is 0 Å². The Morgan fingerprint density at radius 3 is 2.63 bits per heavy atom. The molecule has 0 spiro atoms. The van der Waals surface area contributed by atoms with E-state index >= 15 is 0 Å². The normalized spacial score (nSPS) is 20.1. The van der Waals surface area contributed by atoms with Gasteiger partial charge in [0, 0.05) is 30.1 Å². The van der Waals surface area contributed by atoms with Crippen molar-refractivity contribution in [2.75, 3.05) is 18.0 Å². The minimum absolute atomic E-state index is 0.0701. The maximum Gasteiger partial charge on any atom is 0.129 e. The largest absolute Gasteiger partial charge is 0.356 e. The Morgan fingerprint density at radius 2 is 2.11 bits per heavy atom. The highest BCUT2D eigenvalue weighted by molar-refractivity contribution is 6.17. The predicted molar refractivity (Wildman–Crippen MR) is 83.1 cm³/mol. The summed E-state index contributed by atoms with van der Waals surface area (Å²) >= 11 is 6.04. The second-order valence-corrected chi connectivity index (χ2v) is 6.88. The molecule has 1 aromatic rings. The molecule has 0 amide bonds. The number of alkyl halides is 1. The third-order valence-electron chi connectivity index (χ3n) is 3.98. The lowest BCUT2D eigenvalue weighted by Crippen LogP contribution is -2.23. The van der Waals surface area contributed by atoms with Crippen LogP contribution in [-0.2, 0) is 11.3 Å². The van der Waals surface area contributed by atoms with E-state index in [0.717, 1.165) is 30.5 Å². The van der Waals surface area contributed by atoms with Crippen LogP contribution in [-0.4, -0.2) is 18.1 Å². The first-order valence-corrected chi connectivity index (χ1v) is 7.80. The van der Waals surface area contributed by atoms with Gasteiger partial charge in [0.25, 0.3) is 0 Å². The van der Waals surface area contributed by atoms with Crippen molar-refractivity contribution in [1.29, 1.82) is 0 Å². The fourth-order valence-corrected chi connectivity index (χ4v) is 2.72. The number of nitrogens with zero attached hydrogens (tertiary/aromatic N) is 2.